The zero-order valence-electron chi connectivity index (χ0n) is 7.77. The lowest BCUT2D eigenvalue weighted by atomic mass is 10.3. The smallest absolute Gasteiger partial charge is 0.274 e. The number of likely N-dealkylation sites (N-methyl/N-ethyl adjacent to an activating group) is 1. The first kappa shape index (κ1) is 13.1. The second-order valence-electron chi connectivity index (χ2n) is 2.96. The fourth-order valence-electron chi connectivity index (χ4n) is 0.619. The minimum absolute atomic E-state index is 0.453. The van der Waals surface area contributed by atoms with Crippen LogP contribution in [0.5, 0.6) is 0 Å². The van der Waals surface area contributed by atoms with Crippen LogP contribution in [0.2, 0.25) is 0 Å². The molecule has 0 aliphatic rings. The average Bonchev–Trinajstić information content (AvgIpc) is 1.96. The molecule has 1 amide bonds. The van der Waals surface area contributed by atoms with E-state index >= 15 is 0 Å². The number of hydrogen-bond donors (Lipinski definition) is 0. The van der Waals surface area contributed by atoms with Crippen LogP contribution < -0.4 is 0 Å². The topological polar surface area (TPSA) is 20.3 Å². The Morgan fingerprint density at radius 2 is 1.85 bits per heavy atom. The maximum Gasteiger partial charge on any atom is 0.274 e. The first-order valence-electron chi connectivity index (χ1n) is 3.71. The first-order chi connectivity index (χ1) is 5.75. The number of amides is 1. The first-order valence-corrected chi connectivity index (χ1v) is 4.84. The number of allylic oxidation sites excluding steroid dienone is 1. The van der Waals surface area contributed by atoms with Crippen LogP contribution >= 0.6 is 34.8 Å². The summed E-state index contributed by atoms with van der Waals surface area (Å²) in [6, 6.07) is 0. The van der Waals surface area contributed by atoms with Crippen molar-refractivity contribution in [1.82, 2.24) is 4.90 Å². The Morgan fingerprint density at radius 1 is 1.38 bits per heavy atom. The molecule has 0 aromatic heterocycles. The predicted molar refractivity (Wildman–Crippen MR) is 57.4 cm³/mol. The summed E-state index contributed by atoms with van der Waals surface area (Å²) >= 11 is 16.2. The molecule has 0 saturated heterocycles. The highest BCUT2D eigenvalue weighted by atomic mass is 35.6. The van der Waals surface area contributed by atoms with Gasteiger partial charge in [0.25, 0.3) is 9.70 Å². The van der Waals surface area contributed by atoms with Gasteiger partial charge in [-0.15, -0.1) is 0 Å². The van der Waals surface area contributed by atoms with Crippen LogP contribution in [0.25, 0.3) is 0 Å². The molecule has 76 valence electrons. The third kappa shape index (κ3) is 5.40. The van der Waals surface area contributed by atoms with Crippen LogP contribution in [0.3, 0.4) is 0 Å². The Balaban J connectivity index is 4.21. The summed E-state index contributed by atoms with van der Waals surface area (Å²) in [5.41, 5.74) is 1.11. The number of nitrogens with zero attached hydrogens (tertiary/aromatic N) is 1. The van der Waals surface area contributed by atoms with E-state index in [-0.39, 0.29) is 0 Å². The van der Waals surface area contributed by atoms with Crippen LogP contribution in [0, 0.1) is 0 Å². The monoisotopic (exact) mass is 243 g/mol. The van der Waals surface area contributed by atoms with Gasteiger partial charge in [0, 0.05) is 13.6 Å². The fraction of sp³-hybridized carbons (Fsp3) is 0.625. The van der Waals surface area contributed by atoms with E-state index in [0.29, 0.717) is 6.54 Å². The van der Waals surface area contributed by atoms with Crippen molar-refractivity contribution in [2.45, 2.75) is 17.6 Å². The predicted octanol–water partition coefficient (Wildman–Crippen LogP) is 2.78. The summed E-state index contributed by atoms with van der Waals surface area (Å²) in [7, 11) is 1.59. The fourth-order valence-corrected chi connectivity index (χ4v) is 1.05. The molecule has 0 N–H and O–H groups in total. The number of carbonyl (C=O) groups is 1. The van der Waals surface area contributed by atoms with Crippen LogP contribution in [-0.4, -0.2) is 28.2 Å². The van der Waals surface area contributed by atoms with Gasteiger partial charge in [-0.25, -0.2) is 0 Å². The molecule has 0 atom stereocenters. The summed E-state index contributed by atoms with van der Waals surface area (Å²) in [6.45, 7) is 4.33. The van der Waals surface area contributed by atoms with Crippen molar-refractivity contribution in [3.8, 4) is 0 Å². The van der Waals surface area contributed by atoms with E-state index in [1.165, 1.54) is 4.90 Å². The zero-order valence-corrected chi connectivity index (χ0v) is 10.0. The molecule has 2 nitrogen and oxygen atoms in total. The molecule has 0 aliphatic heterocycles. The third-order valence-corrected chi connectivity index (χ3v) is 1.85. The lowest BCUT2D eigenvalue weighted by Gasteiger charge is -2.19. The van der Waals surface area contributed by atoms with Gasteiger partial charge in [-0.05, 0) is 13.8 Å². The minimum atomic E-state index is -1.86. The minimum Gasteiger partial charge on any atom is -0.338 e. The molecule has 5 heteroatoms. The van der Waals surface area contributed by atoms with Gasteiger partial charge in [-0.3, -0.25) is 4.79 Å². The summed E-state index contributed by atoms with van der Waals surface area (Å²) in [4.78, 5) is 12.6. The molecule has 0 aromatic rings. The van der Waals surface area contributed by atoms with Crippen molar-refractivity contribution < 1.29 is 4.79 Å². The lowest BCUT2D eigenvalue weighted by molar-refractivity contribution is -0.128. The molecule has 0 spiro atoms. The number of halogens is 3. The van der Waals surface area contributed by atoms with Crippen molar-refractivity contribution in [2.24, 2.45) is 0 Å². The normalized spacial score (nSPS) is 10.9. The van der Waals surface area contributed by atoms with E-state index < -0.39 is 9.70 Å². The van der Waals surface area contributed by atoms with Gasteiger partial charge in [0.1, 0.15) is 0 Å². The van der Waals surface area contributed by atoms with E-state index in [2.05, 4.69) is 0 Å². The average molecular weight is 245 g/mol. The highest BCUT2D eigenvalue weighted by molar-refractivity contribution is 6.76. The number of rotatable bonds is 2. The van der Waals surface area contributed by atoms with Crippen molar-refractivity contribution in [3.05, 3.63) is 11.6 Å². The van der Waals surface area contributed by atoms with Crippen molar-refractivity contribution in [1.29, 1.82) is 0 Å². The summed E-state index contributed by atoms with van der Waals surface area (Å²) in [5.74, 6) is -0.519. The number of carbonyl (C=O) groups excluding carboxylic acids is 1. The molecule has 0 rings (SSSR count). The maximum atomic E-state index is 11.3. The largest absolute Gasteiger partial charge is 0.338 e. The molecule has 0 bridgehead atoms. The van der Waals surface area contributed by atoms with Crippen LogP contribution in [0.15, 0.2) is 11.6 Å². The second-order valence-corrected chi connectivity index (χ2v) is 5.25. The standard InChI is InChI=1S/C8H12Cl3NO/c1-6(2)4-5-12(3)7(13)8(9,10)11/h4H,5H2,1-3H3. The third-order valence-electron chi connectivity index (χ3n) is 1.36. The Hall–Kier alpha value is 0.0800. The van der Waals surface area contributed by atoms with E-state index in [9.17, 15) is 4.79 Å². The van der Waals surface area contributed by atoms with Gasteiger partial charge in [0.2, 0.25) is 0 Å². The molecule has 0 aliphatic carbocycles. The Labute approximate surface area is 93.4 Å². The van der Waals surface area contributed by atoms with Gasteiger partial charge in [-0.1, -0.05) is 46.5 Å². The molecule has 0 heterocycles. The molecular formula is C8H12Cl3NO. The second kappa shape index (κ2) is 5.08. The van der Waals surface area contributed by atoms with Crippen molar-refractivity contribution in [3.63, 3.8) is 0 Å². The summed E-state index contributed by atoms with van der Waals surface area (Å²) in [6.07, 6.45) is 1.88. The maximum absolute atomic E-state index is 11.3. The molecule has 0 aromatic carbocycles. The van der Waals surface area contributed by atoms with Crippen molar-refractivity contribution >= 4 is 40.7 Å². The van der Waals surface area contributed by atoms with Crippen LogP contribution in [0.1, 0.15) is 13.8 Å². The van der Waals surface area contributed by atoms with Gasteiger partial charge >= 0.3 is 0 Å². The number of hydrogen-bond acceptors (Lipinski definition) is 1. The Kier molecular flexibility index (Phi) is 5.11. The highest BCUT2D eigenvalue weighted by Crippen LogP contribution is 2.27. The molecule has 13 heavy (non-hydrogen) atoms. The van der Waals surface area contributed by atoms with E-state index in [1.54, 1.807) is 7.05 Å². The van der Waals surface area contributed by atoms with Gasteiger partial charge in [-0.2, -0.15) is 0 Å². The van der Waals surface area contributed by atoms with E-state index in [0.717, 1.165) is 5.57 Å². The highest BCUT2D eigenvalue weighted by Gasteiger charge is 2.32. The van der Waals surface area contributed by atoms with E-state index in [1.807, 2.05) is 19.9 Å². The molecular weight excluding hydrogens is 232 g/mol. The van der Waals surface area contributed by atoms with Crippen molar-refractivity contribution in [2.75, 3.05) is 13.6 Å². The Morgan fingerprint density at radius 3 is 2.15 bits per heavy atom. The SMILES string of the molecule is CC(C)=CCN(C)C(=O)C(Cl)(Cl)Cl. The molecule has 0 radical (unpaired) electrons. The van der Waals surface area contributed by atoms with Crippen LogP contribution in [-0.2, 0) is 4.79 Å². The van der Waals surface area contributed by atoms with Crippen LogP contribution in [0.4, 0.5) is 0 Å². The Bertz CT molecular complexity index is 216. The molecule has 0 unspecified atom stereocenters. The van der Waals surface area contributed by atoms with E-state index in [4.69, 9.17) is 34.8 Å². The molecule has 0 fully saturated rings. The van der Waals surface area contributed by atoms with Gasteiger partial charge < -0.3 is 4.90 Å². The molecule has 0 saturated carbocycles. The van der Waals surface area contributed by atoms with Gasteiger partial charge in [0.05, 0.1) is 0 Å². The summed E-state index contributed by atoms with van der Waals surface area (Å²) in [5, 5.41) is 0. The zero-order chi connectivity index (χ0) is 10.6. The lowest BCUT2D eigenvalue weighted by Crippen LogP contribution is -2.36. The summed E-state index contributed by atoms with van der Waals surface area (Å²) < 4.78 is -1.86. The number of alkyl halides is 3. The van der Waals surface area contributed by atoms with Gasteiger partial charge in [0.15, 0.2) is 0 Å². The quantitative estimate of drug-likeness (QED) is 0.540.